The fraction of sp³-hybridized carbons (Fsp3) is 0.500. The number of carbonyl (C=O) groups excluding carboxylic acids is 2. The molecule has 0 fully saturated rings. The standard InChI is InChI=1S/C26H37N5O3.2ClH/c1-6-31-22-9-8-21(18-23(22)29(5)24(32)26(2,3)25(31)33)34-17-7-15-30(16-14-27-4)19-20-10-12-28-13-11-20;;/h8-13,18,27H,6-7,14-17,19H2,1-5H3;2*1H. The van der Waals surface area contributed by atoms with Gasteiger partial charge in [-0.3, -0.25) is 19.5 Å². The maximum atomic E-state index is 13.0. The zero-order valence-corrected chi connectivity index (χ0v) is 23.5. The first-order chi connectivity index (χ1) is 16.3. The number of benzene rings is 1. The van der Waals surface area contributed by atoms with Gasteiger partial charge in [0.05, 0.1) is 18.0 Å². The number of halogens is 2. The van der Waals surface area contributed by atoms with Gasteiger partial charge < -0.3 is 19.9 Å². The smallest absolute Gasteiger partial charge is 0.242 e. The molecule has 0 saturated heterocycles. The third-order valence-corrected chi connectivity index (χ3v) is 6.26. The average Bonchev–Trinajstić information content (AvgIpc) is 2.89. The summed E-state index contributed by atoms with van der Waals surface area (Å²) in [6.07, 6.45) is 4.51. The summed E-state index contributed by atoms with van der Waals surface area (Å²) in [5, 5.41) is 3.21. The summed E-state index contributed by atoms with van der Waals surface area (Å²) in [7, 11) is 3.68. The Kier molecular flexibility index (Phi) is 12.6. The number of anilines is 2. The van der Waals surface area contributed by atoms with Crippen LogP contribution in [-0.4, -0.2) is 68.6 Å². The Morgan fingerprint density at radius 3 is 2.36 bits per heavy atom. The first kappa shape index (κ1) is 31.6. The van der Waals surface area contributed by atoms with Crippen LogP contribution in [-0.2, 0) is 16.1 Å². The number of aromatic nitrogens is 1. The van der Waals surface area contributed by atoms with E-state index >= 15 is 0 Å². The molecule has 1 aliphatic heterocycles. The van der Waals surface area contributed by atoms with E-state index in [1.165, 1.54) is 5.56 Å². The van der Waals surface area contributed by atoms with Crippen LogP contribution in [0.5, 0.6) is 5.75 Å². The minimum Gasteiger partial charge on any atom is -0.493 e. The van der Waals surface area contributed by atoms with E-state index in [9.17, 15) is 9.59 Å². The fourth-order valence-electron chi connectivity index (χ4n) is 4.24. The third-order valence-electron chi connectivity index (χ3n) is 6.26. The molecule has 36 heavy (non-hydrogen) atoms. The second-order valence-electron chi connectivity index (χ2n) is 9.13. The lowest BCUT2D eigenvalue weighted by atomic mass is 9.90. The van der Waals surface area contributed by atoms with Gasteiger partial charge in [-0.15, -0.1) is 24.8 Å². The van der Waals surface area contributed by atoms with Crippen LogP contribution in [0, 0.1) is 5.41 Å². The molecule has 0 saturated carbocycles. The van der Waals surface area contributed by atoms with Crippen LogP contribution in [0.4, 0.5) is 11.4 Å². The number of hydrogen-bond donors (Lipinski definition) is 1. The van der Waals surface area contributed by atoms with E-state index in [0.29, 0.717) is 24.6 Å². The van der Waals surface area contributed by atoms with Crippen molar-refractivity contribution >= 4 is 48.0 Å². The Morgan fingerprint density at radius 1 is 1.03 bits per heavy atom. The molecule has 0 atom stereocenters. The normalized spacial score (nSPS) is 14.6. The minimum atomic E-state index is -1.11. The summed E-state index contributed by atoms with van der Waals surface area (Å²) in [6, 6.07) is 9.70. The molecule has 2 aromatic rings. The minimum absolute atomic E-state index is 0. The first-order valence-electron chi connectivity index (χ1n) is 11.9. The molecule has 1 N–H and O–H groups in total. The number of nitrogens with one attached hydrogen (secondary N) is 1. The lowest BCUT2D eigenvalue weighted by molar-refractivity contribution is -0.137. The van der Waals surface area contributed by atoms with E-state index in [2.05, 4.69) is 15.2 Å². The predicted octanol–water partition coefficient (Wildman–Crippen LogP) is 3.77. The molecule has 3 rings (SSSR count). The zero-order chi connectivity index (χ0) is 24.7. The first-order valence-corrected chi connectivity index (χ1v) is 11.9. The summed E-state index contributed by atoms with van der Waals surface area (Å²) in [6.45, 7) is 9.98. The van der Waals surface area contributed by atoms with Gasteiger partial charge in [-0.1, -0.05) is 0 Å². The number of ether oxygens (including phenoxy) is 1. The van der Waals surface area contributed by atoms with Crippen LogP contribution >= 0.6 is 24.8 Å². The number of amides is 2. The summed E-state index contributed by atoms with van der Waals surface area (Å²) in [5.74, 6) is 0.288. The van der Waals surface area contributed by atoms with E-state index in [0.717, 1.165) is 38.3 Å². The molecule has 1 aliphatic rings. The highest BCUT2D eigenvalue weighted by atomic mass is 35.5. The third kappa shape index (κ3) is 7.32. The Morgan fingerprint density at radius 2 is 1.72 bits per heavy atom. The molecule has 8 nitrogen and oxygen atoms in total. The van der Waals surface area contributed by atoms with Crippen molar-refractivity contribution < 1.29 is 14.3 Å². The molecule has 0 aliphatic carbocycles. The maximum Gasteiger partial charge on any atom is 0.242 e. The van der Waals surface area contributed by atoms with Gasteiger partial charge in [0.25, 0.3) is 0 Å². The highest BCUT2D eigenvalue weighted by Gasteiger charge is 2.45. The van der Waals surface area contributed by atoms with Crippen molar-refractivity contribution in [3.05, 3.63) is 48.3 Å². The van der Waals surface area contributed by atoms with Crippen LogP contribution in [0.1, 0.15) is 32.8 Å². The number of fused-ring (bicyclic) bond motifs is 1. The lowest BCUT2D eigenvalue weighted by Gasteiger charge is -2.27. The van der Waals surface area contributed by atoms with Crippen LogP contribution < -0.4 is 19.9 Å². The van der Waals surface area contributed by atoms with Gasteiger partial charge in [-0.2, -0.15) is 0 Å². The Bertz CT molecular complexity index is 991. The number of likely N-dealkylation sites (N-methyl/N-ethyl adjacent to an activating group) is 1. The zero-order valence-electron chi connectivity index (χ0n) is 21.8. The van der Waals surface area contributed by atoms with E-state index < -0.39 is 5.41 Å². The van der Waals surface area contributed by atoms with Gasteiger partial charge in [0.2, 0.25) is 11.8 Å². The van der Waals surface area contributed by atoms with Gasteiger partial charge in [0.15, 0.2) is 0 Å². The summed E-state index contributed by atoms with van der Waals surface area (Å²) < 4.78 is 6.06. The van der Waals surface area contributed by atoms with Crippen molar-refractivity contribution in [3.8, 4) is 5.75 Å². The Balaban J connectivity index is 0.00000324. The molecule has 0 spiro atoms. The summed E-state index contributed by atoms with van der Waals surface area (Å²) >= 11 is 0. The van der Waals surface area contributed by atoms with Crippen molar-refractivity contribution in [2.24, 2.45) is 5.41 Å². The van der Waals surface area contributed by atoms with E-state index in [4.69, 9.17) is 4.74 Å². The maximum absolute atomic E-state index is 13.0. The molecule has 0 unspecified atom stereocenters. The van der Waals surface area contributed by atoms with Crippen LogP contribution in [0.25, 0.3) is 0 Å². The monoisotopic (exact) mass is 539 g/mol. The SMILES string of the molecule is CCN1C(=O)C(C)(C)C(=O)N(C)c2cc(OCCCN(CCNC)Cc3ccncc3)ccc21.Cl.Cl. The topological polar surface area (TPSA) is 78.0 Å². The van der Waals surface area contributed by atoms with Crippen molar-refractivity contribution in [1.29, 1.82) is 0 Å². The highest BCUT2D eigenvalue weighted by Crippen LogP contribution is 2.40. The van der Waals surface area contributed by atoms with Crippen molar-refractivity contribution in [3.63, 3.8) is 0 Å². The molecule has 2 amide bonds. The molecule has 0 radical (unpaired) electrons. The molecular formula is C26H39Cl2N5O3. The van der Waals surface area contributed by atoms with Gasteiger partial charge in [0, 0.05) is 58.2 Å². The van der Waals surface area contributed by atoms with Gasteiger partial charge in [0.1, 0.15) is 11.2 Å². The van der Waals surface area contributed by atoms with Gasteiger partial charge in [-0.05, 0) is 64.1 Å². The molecular weight excluding hydrogens is 501 g/mol. The number of pyridine rings is 1. The van der Waals surface area contributed by atoms with E-state index in [-0.39, 0.29) is 36.6 Å². The van der Waals surface area contributed by atoms with Crippen LogP contribution in [0.2, 0.25) is 0 Å². The quantitative estimate of drug-likeness (QED) is 0.346. The second kappa shape index (κ2) is 14.4. The molecule has 200 valence electrons. The Hall–Kier alpha value is -2.39. The molecule has 1 aromatic heterocycles. The second-order valence-corrected chi connectivity index (χ2v) is 9.13. The largest absolute Gasteiger partial charge is 0.493 e. The average molecular weight is 541 g/mol. The van der Waals surface area contributed by atoms with Gasteiger partial charge in [-0.25, -0.2) is 0 Å². The lowest BCUT2D eigenvalue weighted by Crippen LogP contribution is -2.47. The van der Waals surface area contributed by atoms with E-state index in [1.54, 1.807) is 30.7 Å². The highest BCUT2D eigenvalue weighted by molar-refractivity contribution is 6.20. The van der Waals surface area contributed by atoms with Gasteiger partial charge >= 0.3 is 0 Å². The fourth-order valence-corrected chi connectivity index (χ4v) is 4.24. The van der Waals surface area contributed by atoms with Crippen molar-refractivity contribution in [2.75, 3.05) is 56.7 Å². The number of nitrogens with zero attached hydrogens (tertiary/aromatic N) is 4. The molecule has 0 bridgehead atoms. The molecule has 1 aromatic carbocycles. The Labute approximate surface area is 227 Å². The molecule has 10 heteroatoms. The van der Waals surface area contributed by atoms with Crippen LogP contribution in [0.3, 0.4) is 0 Å². The number of hydrogen-bond acceptors (Lipinski definition) is 6. The summed E-state index contributed by atoms with van der Waals surface area (Å²) in [5.41, 5.74) is 1.55. The van der Waals surface area contributed by atoms with E-state index in [1.807, 2.05) is 56.7 Å². The number of carbonyl (C=O) groups is 2. The molecule has 2 heterocycles. The van der Waals surface area contributed by atoms with Crippen molar-refractivity contribution in [1.82, 2.24) is 15.2 Å². The number of rotatable bonds is 11. The predicted molar refractivity (Wildman–Crippen MR) is 150 cm³/mol. The van der Waals surface area contributed by atoms with Crippen LogP contribution in [0.15, 0.2) is 42.7 Å². The summed E-state index contributed by atoms with van der Waals surface area (Å²) in [4.78, 5) is 35.8. The van der Waals surface area contributed by atoms with Crippen molar-refractivity contribution in [2.45, 2.75) is 33.7 Å².